The van der Waals surface area contributed by atoms with Crippen molar-refractivity contribution < 1.29 is 23.8 Å². The number of nitrogens with zero attached hydrogens (tertiary/aromatic N) is 1. The van der Waals surface area contributed by atoms with Crippen molar-refractivity contribution in [1.82, 2.24) is 4.98 Å². The number of carboxylic acids is 1. The molecule has 1 aromatic heterocycles. The van der Waals surface area contributed by atoms with E-state index in [9.17, 15) is 9.59 Å². The highest BCUT2D eigenvalue weighted by Crippen LogP contribution is 2.17. The molecule has 0 unspecified atom stereocenters. The Balaban J connectivity index is 2.54. The minimum atomic E-state index is -1.07. The average molecular weight is 221 g/mol. The van der Waals surface area contributed by atoms with E-state index in [0.717, 1.165) is 0 Å². The predicted octanol–water partition coefficient (Wildman–Crippen LogP) is 1.31. The lowest BCUT2D eigenvalue weighted by Crippen LogP contribution is -2.00. The molecule has 2 rings (SSSR count). The molecule has 1 heterocycles. The molecule has 0 aliphatic heterocycles. The number of carbonyl (C=O) groups is 2. The highest BCUT2D eigenvalue weighted by atomic mass is 16.5. The van der Waals surface area contributed by atoms with Gasteiger partial charge in [-0.15, -0.1) is 0 Å². The van der Waals surface area contributed by atoms with Crippen molar-refractivity contribution in [3.8, 4) is 0 Å². The fraction of sp³-hybridized carbons (Fsp3) is 0.100. The van der Waals surface area contributed by atoms with Crippen LogP contribution >= 0.6 is 0 Å². The molecule has 0 saturated heterocycles. The summed E-state index contributed by atoms with van der Waals surface area (Å²) in [6.07, 6.45) is 0. The Hall–Kier alpha value is -2.37. The maximum Gasteiger partial charge on any atom is 0.394 e. The van der Waals surface area contributed by atoms with E-state index < -0.39 is 11.9 Å². The molecule has 0 atom stereocenters. The van der Waals surface area contributed by atoms with Gasteiger partial charge in [0, 0.05) is 0 Å². The van der Waals surface area contributed by atoms with Crippen molar-refractivity contribution in [1.29, 1.82) is 0 Å². The van der Waals surface area contributed by atoms with E-state index in [-0.39, 0.29) is 17.0 Å². The number of carboxylic acid groups (broad SMARTS) is 1. The normalized spacial score (nSPS) is 10.3. The summed E-state index contributed by atoms with van der Waals surface area (Å²) in [7, 11) is 1.21. The largest absolute Gasteiger partial charge is 0.478 e. The van der Waals surface area contributed by atoms with Gasteiger partial charge < -0.3 is 14.3 Å². The van der Waals surface area contributed by atoms with Gasteiger partial charge in [0.15, 0.2) is 5.58 Å². The fourth-order valence-corrected chi connectivity index (χ4v) is 1.23. The van der Waals surface area contributed by atoms with Gasteiger partial charge in [-0.2, -0.15) is 0 Å². The van der Waals surface area contributed by atoms with E-state index in [1.807, 2.05) is 0 Å². The summed E-state index contributed by atoms with van der Waals surface area (Å²) < 4.78 is 9.49. The monoisotopic (exact) mass is 221 g/mol. The zero-order chi connectivity index (χ0) is 11.7. The zero-order valence-corrected chi connectivity index (χ0v) is 8.26. The minimum Gasteiger partial charge on any atom is -0.478 e. The standard InChI is InChI=1S/C10H7NO5/c1-15-10(14)8-11-6-3-2-5(9(12)13)4-7(6)16-8/h2-4H,1H3,(H,12,13). The summed E-state index contributed by atoms with van der Waals surface area (Å²) in [5, 5.41) is 8.75. The molecule has 0 aliphatic carbocycles. The van der Waals surface area contributed by atoms with Crippen LogP contribution in [-0.2, 0) is 4.74 Å². The average Bonchev–Trinajstić information content (AvgIpc) is 2.70. The van der Waals surface area contributed by atoms with E-state index in [0.29, 0.717) is 5.52 Å². The smallest absolute Gasteiger partial charge is 0.394 e. The Morgan fingerprint density at radius 1 is 1.44 bits per heavy atom. The second-order valence-corrected chi connectivity index (χ2v) is 3.00. The second kappa shape index (κ2) is 3.65. The van der Waals surface area contributed by atoms with Gasteiger partial charge in [0.2, 0.25) is 0 Å². The van der Waals surface area contributed by atoms with Crippen LogP contribution in [0.15, 0.2) is 22.6 Å². The second-order valence-electron chi connectivity index (χ2n) is 3.00. The van der Waals surface area contributed by atoms with Gasteiger partial charge in [0.1, 0.15) is 5.52 Å². The lowest BCUT2D eigenvalue weighted by Gasteiger charge is -1.91. The third kappa shape index (κ3) is 1.60. The van der Waals surface area contributed by atoms with Crippen molar-refractivity contribution in [2.24, 2.45) is 0 Å². The van der Waals surface area contributed by atoms with E-state index in [4.69, 9.17) is 9.52 Å². The minimum absolute atomic E-state index is 0.0695. The lowest BCUT2D eigenvalue weighted by atomic mass is 10.2. The molecule has 0 aliphatic rings. The number of hydrogen-bond donors (Lipinski definition) is 1. The maximum atomic E-state index is 11.1. The lowest BCUT2D eigenvalue weighted by molar-refractivity contribution is 0.0558. The van der Waals surface area contributed by atoms with Crippen LogP contribution in [0.25, 0.3) is 11.1 Å². The Labute approximate surface area is 89.5 Å². The Bertz CT molecular complexity index is 572. The molecule has 0 spiro atoms. The number of oxazole rings is 1. The van der Waals surface area contributed by atoms with Crippen LogP contribution in [0.3, 0.4) is 0 Å². The van der Waals surface area contributed by atoms with E-state index in [1.165, 1.54) is 25.3 Å². The van der Waals surface area contributed by atoms with Gasteiger partial charge in [0.05, 0.1) is 12.7 Å². The van der Waals surface area contributed by atoms with Crippen LogP contribution in [0.5, 0.6) is 0 Å². The third-order valence-electron chi connectivity index (χ3n) is 2.00. The number of rotatable bonds is 2. The van der Waals surface area contributed by atoms with Crippen LogP contribution in [0.2, 0.25) is 0 Å². The number of fused-ring (bicyclic) bond motifs is 1. The molecule has 6 nitrogen and oxygen atoms in total. The first-order valence-corrected chi connectivity index (χ1v) is 4.34. The molecule has 6 heteroatoms. The quantitative estimate of drug-likeness (QED) is 0.769. The van der Waals surface area contributed by atoms with Crippen LogP contribution in [0.1, 0.15) is 21.0 Å². The third-order valence-corrected chi connectivity index (χ3v) is 2.00. The van der Waals surface area contributed by atoms with Crippen LogP contribution in [-0.4, -0.2) is 29.1 Å². The molecule has 16 heavy (non-hydrogen) atoms. The number of methoxy groups -OCH3 is 1. The number of aromatic nitrogens is 1. The molecule has 0 radical (unpaired) electrons. The number of benzene rings is 1. The molecule has 0 saturated carbocycles. The fourth-order valence-electron chi connectivity index (χ4n) is 1.23. The number of ether oxygens (including phenoxy) is 1. The predicted molar refractivity (Wildman–Crippen MR) is 52.3 cm³/mol. The molecule has 0 fully saturated rings. The summed E-state index contributed by atoms with van der Waals surface area (Å²) in [6, 6.07) is 4.15. The summed E-state index contributed by atoms with van der Waals surface area (Å²) in [5.41, 5.74) is 0.714. The number of aromatic carboxylic acids is 1. The van der Waals surface area contributed by atoms with Crippen LogP contribution < -0.4 is 0 Å². The van der Waals surface area contributed by atoms with E-state index in [2.05, 4.69) is 9.72 Å². The maximum absolute atomic E-state index is 11.1. The van der Waals surface area contributed by atoms with Crippen molar-refractivity contribution in [3.05, 3.63) is 29.7 Å². The first-order valence-electron chi connectivity index (χ1n) is 4.34. The van der Waals surface area contributed by atoms with Crippen molar-refractivity contribution in [2.45, 2.75) is 0 Å². The molecule has 1 N–H and O–H groups in total. The van der Waals surface area contributed by atoms with Gasteiger partial charge in [-0.1, -0.05) is 0 Å². The Morgan fingerprint density at radius 3 is 2.81 bits per heavy atom. The first-order chi connectivity index (χ1) is 7.61. The summed E-state index contributed by atoms with van der Waals surface area (Å²) in [5.74, 6) is -1.97. The SMILES string of the molecule is COC(=O)c1nc2ccc(C(=O)O)cc2o1. The van der Waals surface area contributed by atoms with Crippen molar-refractivity contribution >= 4 is 23.0 Å². The summed E-state index contributed by atoms with van der Waals surface area (Å²) >= 11 is 0. The highest BCUT2D eigenvalue weighted by Gasteiger charge is 2.15. The van der Waals surface area contributed by atoms with Crippen molar-refractivity contribution in [2.75, 3.05) is 7.11 Å². The first kappa shape index (κ1) is 10.2. The topological polar surface area (TPSA) is 89.6 Å². The summed E-state index contributed by atoms with van der Waals surface area (Å²) in [6.45, 7) is 0. The molecule has 82 valence electrons. The number of carbonyl (C=O) groups excluding carboxylic acids is 1. The molecular weight excluding hydrogens is 214 g/mol. The van der Waals surface area contributed by atoms with E-state index in [1.54, 1.807) is 0 Å². The van der Waals surface area contributed by atoms with Gasteiger partial charge in [-0.25, -0.2) is 14.6 Å². The van der Waals surface area contributed by atoms with Gasteiger partial charge in [-0.3, -0.25) is 0 Å². The summed E-state index contributed by atoms with van der Waals surface area (Å²) in [4.78, 5) is 25.6. The number of esters is 1. The van der Waals surface area contributed by atoms with Gasteiger partial charge in [-0.05, 0) is 18.2 Å². The molecule has 0 bridgehead atoms. The Morgan fingerprint density at radius 2 is 2.19 bits per heavy atom. The van der Waals surface area contributed by atoms with Gasteiger partial charge >= 0.3 is 17.8 Å². The van der Waals surface area contributed by atoms with Crippen LogP contribution in [0, 0.1) is 0 Å². The van der Waals surface area contributed by atoms with E-state index >= 15 is 0 Å². The zero-order valence-electron chi connectivity index (χ0n) is 8.26. The van der Waals surface area contributed by atoms with Gasteiger partial charge in [0.25, 0.3) is 0 Å². The molecular formula is C10H7NO5. The number of hydrogen-bond acceptors (Lipinski definition) is 5. The molecule has 2 aromatic rings. The molecule has 1 aromatic carbocycles. The highest BCUT2D eigenvalue weighted by molar-refractivity contribution is 5.93. The molecule has 0 amide bonds. The van der Waals surface area contributed by atoms with Crippen LogP contribution in [0.4, 0.5) is 0 Å². The Kier molecular flexibility index (Phi) is 2.32. The van der Waals surface area contributed by atoms with Crippen molar-refractivity contribution in [3.63, 3.8) is 0 Å².